The zero-order valence-corrected chi connectivity index (χ0v) is 10.5. The van der Waals surface area contributed by atoms with Crippen LogP contribution in [0.3, 0.4) is 0 Å². The molecule has 0 heterocycles. The van der Waals surface area contributed by atoms with Gasteiger partial charge in [0.25, 0.3) is 0 Å². The quantitative estimate of drug-likeness (QED) is 0.794. The number of aromatic carboxylic acids is 1. The Bertz CT molecular complexity index is 395. The Morgan fingerprint density at radius 3 is 2.12 bits per heavy atom. The number of halogens is 1. The van der Waals surface area contributed by atoms with Gasteiger partial charge in [0.05, 0.1) is 24.5 Å². The Balaban J connectivity index is 0.00000256. The van der Waals surface area contributed by atoms with Crippen LogP contribution in [-0.2, 0) is 0 Å². The average molecular weight is 262 g/mol. The molecule has 0 aromatic heterocycles. The minimum atomic E-state index is -1.08. The Kier molecular flexibility index (Phi) is 6.20. The Labute approximate surface area is 106 Å². The number of hydrogen-bond acceptors (Lipinski definition) is 4. The number of benzene rings is 1. The van der Waals surface area contributed by atoms with Crippen LogP contribution >= 0.6 is 12.4 Å². The predicted molar refractivity (Wildman–Crippen MR) is 67.4 cm³/mol. The number of hydrogen-bond donors (Lipinski definition) is 2. The molecule has 0 atom stereocenters. The van der Waals surface area contributed by atoms with Crippen molar-refractivity contribution in [3.8, 4) is 11.5 Å². The number of nitrogen functional groups attached to an aromatic ring is 1. The monoisotopic (exact) mass is 261 g/mol. The van der Waals surface area contributed by atoms with Crippen molar-refractivity contribution in [3.05, 3.63) is 17.7 Å². The highest BCUT2D eigenvalue weighted by Crippen LogP contribution is 2.32. The second-order valence-corrected chi connectivity index (χ2v) is 3.06. The number of carbonyl (C=O) groups is 1. The SMILES string of the molecule is CCOc1cc(N)c(C(=O)O)cc1OCC.Cl. The van der Waals surface area contributed by atoms with E-state index in [4.69, 9.17) is 20.3 Å². The minimum absolute atomic E-state index is 0. The topological polar surface area (TPSA) is 81.8 Å². The van der Waals surface area contributed by atoms with Crippen LogP contribution in [-0.4, -0.2) is 24.3 Å². The molecule has 1 rings (SSSR count). The molecule has 1 aromatic carbocycles. The number of ether oxygens (including phenoxy) is 2. The summed E-state index contributed by atoms with van der Waals surface area (Å²) >= 11 is 0. The number of rotatable bonds is 5. The fraction of sp³-hybridized carbons (Fsp3) is 0.364. The lowest BCUT2D eigenvalue weighted by Crippen LogP contribution is -2.06. The van der Waals surface area contributed by atoms with Gasteiger partial charge in [-0.2, -0.15) is 0 Å². The van der Waals surface area contributed by atoms with E-state index in [0.717, 1.165) is 0 Å². The first-order chi connectivity index (χ1) is 7.60. The van der Waals surface area contributed by atoms with E-state index in [1.54, 1.807) is 0 Å². The van der Waals surface area contributed by atoms with Gasteiger partial charge in [0.2, 0.25) is 0 Å². The average Bonchev–Trinajstić information content (AvgIpc) is 2.22. The molecule has 0 aliphatic carbocycles. The highest BCUT2D eigenvalue weighted by atomic mass is 35.5. The summed E-state index contributed by atoms with van der Waals surface area (Å²) in [6.07, 6.45) is 0. The minimum Gasteiger partial charge on any atom is -0.490 e. The molecule has 1 aromatic rings. The molecule has 0 saturated carbocycles. The Hall–Kier alpha value is -1.62. The van der Waals surface area contributed by atoms with Crippen LogP contribution in [0.1, 0.15) is 24.2 Å². The number of anilines is 1. The fourth-order valence-corrected chi connectivity index (χ4v) is 1.30. The van der Waals surface area contributed by atoms with Gasteiger partial charge in [-0.25, -0.2) is 4.79 Å². The first-order valence-electron chi connectivity index (χ1n) is 5.02. The molecule has 17 heavy (non-hydrogen) atoms. The number of carboxylic acid groups (broad SMARTS) is 1. The van der Waals surface area contributed by atoms with Crippen molar-refractivity contribution in [1.82, 2.24) is 0 Å². The highest BCUT2D eigenvalue weighted by molar-refractivity contribution is 5.94. The van der Waals surface area contributed by atoms with E-state index in [-0.39, 0.29) is 23.7 Å². The molecule has 0 bridgehead atoms. The molecule has 0 spiro atoms. The summed E-state index contributed by atoms with van der Waals surface area (Å²) in [6, 6.07) is 2.85. The van der Waals surface area contributed by atoms with Crippen molar-refractivity contribution in [2.45, 2.75) is 13.8 Å². The van der Waals surface area contributed by atoms with Crippen LogP contribution in [0.15, 0.2) is 12.1 Å². The molecular formula is C11H16ClNO4. The summed E-state index contributed by atoms with van der Waals surface area (Å²) in [5.74, 6) is -0.218. The first-order valence-corrected chi connectivity index (χ1v) is 5.02. The third kappa shape index (κ3) is 3.71. The smallest absolute Gasteiger partial charge is 0.337 e. The van der Waals surface area contributed by atoms with Gasteiger partial charge in [-0.15, -0.1) is 12.4 Å². The fourth-order valence-electron chi connectivity index (χ4n) is 1.30. The molecule has 0 amide bonds. The van der Waals surface area contributed by atoms with Crippen molar-refractivity contribution >= 4 is 24.1 Å². The van der Waals surface area contributed by atoms with Gasteiger partial charge in [-0.1, -0.05) is 0 Å². The van der Waals surface area contributed by atoms with E-state index in [9.17, 15) is 4.79 Å². The molecule has 0 saturated heterocycles. The summed E-state index contributed by atoms with van der Waals surface area (Å²) in [5.41, 5.74) is 5.79. The van der Waals surface area contributed by atoms with Gasteiger partial charge in [0.15, 0.2) is 11.5 Å². The number of carboxylic acids is 1. The Morgan fingerprint density at radius 1 is 1.24 bits per heavy atom. The molecule has 6 heteroatoms. The maximum absolute atomic E-state index is 10.9. The van der Waals surface area contributed by atoms with E-state index in [1.165, 1.54) is 12.1 Å². The van der Waals surface area contributed by atoms with Crippen LogP contribution in [0, 0.1) is 0 Å². The van der Waals surface area contributed by atoms with Crippen LogP contribution < -0.4 is 15.2 Å². The molecule has 0 aliphatic heterocycles. The summed E-state index contributed by atoms with van der Waals surface area (Å²) in [7, 11) is 0. The summed E-state index contributed by atoms with van der Waals surface area (Å²) < 4.78 is 10.6. The summed E-state index contributed by atoms with van der Waals surface area (Å²) in [5, 5.41) is 8.90. The van der Waals surface area contributed by atoms with Gasteiger partial charge < -0.3 is 20.3 Å². The molecule has 96 valence electrons. The lowest BCUT2D eigenvalue weighted by molar-refractivity contribution is 0.0697. The summed E-state index contributed by atoms with van der Waals surface area (Å²) in [4.78, 5) is 10.9. The Morgan fingerprint density at radius 2 is 1.71 bits per heavy atom. The molecule has 0 aliphatic rings. The van der Waals surface area contributed by atoms with Gasteiger partial charge in [-0.05, 0) is 13.8 Å². The second kappa shape index (κ2) is 6.85. The largest absolute Gasteiger partial charge is 0.490 e. The predicted octanol–water partition coefficient (Wildman–Crippen LogP) is 2.19. The molecule has 5 nitrogen and oxygen atoms in total. The lowest BCUT2D eigenvalue weighted by atomic mass is 10.1. The first kappa shape index (κ1) is 15.4. The van der Waals surface area contributed by atoms with Gasteiger partial charge in [-0.3, -0.25) is 0 Å². The van der Waals surface area contributed by atoms with Crippen LogP contribution in [0.25, 0.3) is 0 Å². The third-order valence-electron chi connectivity index (χ3n) is 1.95. The second-order valence-electron chi connectivity index (χ2n) is 3.06. The number of nitrogens with two attached hydrogens (primary N) is 1. The van der Waals surface area contributed by atoms with Crippen LogP contribution in [0.4, 0.5) is 5.69 Å². The van der Waals surface area contributed by atoms with E-state index in [2.05, 4.69) is 0 Å². The lowest BCUT2D eigenvalue weighted by Gasteiger charge is -2.12. The molecule has 0 radical (unpaired) electrons. The standard InChI is InChI=1S/C11H15NO4.ClH/c1-3-15-9-5-7(11(13)14)8(12)6-10(9)16-4-2;/h5-6H,3-4,12H2,1-2H3,(H,13,14);1H. The maximum Gasteiger partial charge on any atom is 0.337 e. The highest BCUT2D eigenvalue weighted by Gasteiger charge is 2.14. The van der Waals surface area contributed by atoms with E-state index in [0.29, 0.717) is 24.7 Å². The van der Waals surface area contributed by atoms with Gasteiger partial charge in [0, 0.05) is 12.1 Å². The normalized spacial score (nSPS) is 9.29. The van der Waals surface area contributed by atoms with Crippen molar-refractivity contribution in [1.29, 1.82) is 0 Å². The van der Waals surface area contributed by atoms with Gasteiger partial charge in [0.1, 0.15) is 0 Å². The van der Waals surface area contributed by atoms with Crippen molar-refractivity contribution in [2.75, 3.05) is 18.9 Å². The van der Waals surface area contributed by atoms with Crippen molar-refractivity contribution < 1.29 is 19.4 Å². The molecule has 0 unspecified atom stereocenters. The third-order valence-corrected chi connectivity index (χ3v) is 1.95. The maximum atomic E-state index is 10.9. The van der Waals surface area contributed by atoms with Crippen LogP contribution in [0.2, 0.25) is 0 Å². The molecule has 3 N–H and O–H groups in total. The molecular weight excluding hydrogens is 246 g/mol. The van der Waals surface area contributed by atoms with Crippen molar-refractivity contribution in [3.63, 3.8) is 0 Å². The van der Waals surface area contributed by atoms with E-state index < -0.39 is 5.97 Å². The van der Waals surface area contributed by atoms with Crippen molar-refractivity contribution in [2.24, 2.45) is 0 Å². The zero-order chi connectivity index (χ0) is 12.1. The zero-order valence-electron chi connectivity index (χ0n) is 9.73. The van der Waals surface area contributed by atoms with E-state index in [1.807, 2.05) is 13.8 Å². The van der Waals surface area contributed by atoms with E-state index >= 15 is 0 Å². The van der Waals surface area contributed by atoms with Crippen LogP contribution in [0.5, 0.6) is 11.5 Å². The summed E-state index contributed by atoms with van der Waals surface area (Å²) in [6.45, 7) is 4.54. The van der Waals surface area contributed by atoms with Gasteiger partial charge >= 0.3 is 5.97 Å². The molecule has 0 fully saturated rings.